The summed E-state index contributed by atoms with van der Waals surface area (Å²) in [6.07, 6.45) is -2.13. The number of halogens is 3. The van der Waals surface area contributed by atoms with Gasteiger partial charge >= 0.3 is 6.03 Å². The van der Waals surface area contributed by atoms with E-state index in [0.717, 1.165) is 22.2 Å². The molecule has 1 aliphatic heterocycles. The molecule has 118 valence electrons. The number of aromatic amines is 1. The molecule has 1 aromatic carbocycles. The number of urea groups is 1. The molecule has 1 saturated heterocycles. The highest BCUT2D eigenvalue weighted by atomic mass is 35.5. The molecular weight excluding hydrogens is 312 g/mol. The summed E-state index contributed by atoms with van der Waals surface area (Å²) in [6.45, 7) is 2.55. The van der Waals surface area contributed by atoms with Crippen molar-refractivity contribution in [3.05, 3.63) is 34.5 Å². The molecule has 1 atom stereocenters. The van der Waals surface area contributed by atoms with Crippen molar-refractivity contribution < 1.29 is 13.6 Å². The summed E-state index contributed by atoms with van der Waals surface area (Å²) in [5.74, 6) is 0. The van der Waals surface area contributed by atoms with E-state index in [9.17, 15) is 13.6 Å². The lowest BCUT2D eigenvalue weighted by Crippen LogP contribution is -2.57. The minimum atomic E-state index is -2.49. The Morgan fingerprint density at radius 1 is 1.50 bits per heavy atom. The number of carbonyl (C=O) groups excluding carboxylic acids is 1. The van der Waals surface area contributed by atoms with Gasteiger partial charge in [0.05, 0.1) is 12.6 Å². The van der Waals surface area contributed by atoms with Gasteiger partial charge in [-0.2, -0.15) is 0 Å². The van der Waals surface area contributed by atoms with E-state index in [1.54, 1.807) is 0 Å². The Labute approximate surface area is 131 Å². The normalized spacial score (nSPS) is 17.9. The maximum absolute atomic E-state index is 12.6. The van der Waals surface area contributed by atoms with Crippen molar-refractivity contribution in [1.29, 1.82) is 0 Å². The third kappa shape index (κ3) is 2.75. The van der Waals surface area contributed by atoms with Crippen molar-refractivity contribution in [2.75, 3.05) is 6.54 Å². The van der Waals surface area contributed by atoms with Crippen LogP contribution in [-0.4, -0.2) is 34.9 Å². The molecule has 1 fully saturated rings. The number of amides is 2. The number of hydrogen-bond donors (Lipinski definition) is 2. The second-order valence-corrected chi connectivity index (χ2v) is 5.93. The maximum Gasteiger partial charge on any atom is 0.318 e. The molecule has 0 bridgehead atoms. The van der Waals surface area contributed by atoms with Crippen molar-refractivity contribution in [2.45, 2.75) is 32.4 Å². The van der Waals surface area contributed by atoms with Crippen molar-refractivity contribution >= 4 is 28.5 Å². The number of fused-ring (bicyclic) bond motifs is 1. The number of rotatable bonds is 3. The van der Waals surface area contributed by atoms with Crippen LogP contribution in [0.25, 0.3) is 10.9 Å². The quantitative estimate of drug-likeness (QED) is 0.887. The standard InChI is InChI=1S/C15H16ClF2N3O/c1-8-4-12-9(6-11(8)16)5-10(20-12)7-19-15(22)21-3-2-13(21)14(17)18/h4-6,13-14,20H,2-3,7H2,1H3,(H,19,22). The Balaban J connectivity index is 1.65. The molecular formula is C15H16ClF2N3O. The first-order valence-electron chi connectivity index (χ1n) is 7.06. The second-order valence-electron chi connectivity index (χ2n) is 5.53. The SMILES string of the molecule is Cc1cc2[nH]c(CNC(=O)N3CCC3C(F)F)cc2cc1Cl. The van der Waals surface area contributed by atoms with Gasteiger partial charge in [-0.05, 0) is 37.1 Å². The first kappa shape index (κ1) is 15.1. The molecule has 2 amide bonds. The molecule has 7 heteroatoms. The number of aromatic nitrogens is 1. The van der Waals surface area contributed by atoms with Crippen LogP contribution < -0.4 is 5.32 Å². The van der Waals surface area contributed by atoms with Gasteiger partial charge in [-0.15, -0.1) is 0 Å². The molecule has 1 aromatic heterocycles. The van der Waals surface area contributed by atoms with E-state index in [0.29, 0.717) is 18.0 Å². The second kappa shape index (κ2) is 5.76. The highest BCUT2D eigenvalue weighted by Gasteiger charge is 2.38. The Morgan fingerprint density at radius 2 is 2.27 bits per heavy atom. The Bertz CT molecular complexity index is 677. The van der Waals surface area contributed by atoms with E-state index in [-0.39, 0.29) is 6.54 Å². The molecule has 2 N–H and O–H groups in total. The smallest absolute Gasteiger partial charge is 0.318 e. The average molecular weight is 328 g/mol. The molecule has 0 spiro atoms. The lowest BCUT2D eigenvalue weighted by atomic mass is 10.1. The van der Waals surface area contributed by atoms with Crippen molar-refractivity contribution in [1.82, 2.24) is 15.2 Å². The molecule has 2 aromatic rings. The summed E-state index contributed by atoms with van der Waals surface area (Å²) >= 11 is 6.08. The minimum absolute atomic E-state index is 0.261. The average Bonchev–Trinajstić information content (AvgIpc) is 2.77. The van der Waals surface area contributed by atoms with Gasteiger partial charge in [0.2, 0.25) is 0 Å². The van der Waals surface area contributed by atoms with Crippen LogP contribution in [-0.2, 0) is 6.54 Å². The number of nitrogens with zero attached hydrogens (tertiary/aromatic N) is 1. The Morgan fingerprint density at radius 3 is 2.91 bits per heavy atom. The maximum atomic E-state index is 12.6. The van der Waals surface area contributed by atoms with E-state index >= 15 is 0 Å². The lowest BCUT2D eigenvalue weighted by molar-refractivity contribution is -0.00919. The topological polar surface area (TPSA) is 48.1 Å². The van der Waals surface area contributed by atoms with E-state index in [4.69, 9.17) is 11.6 Å². The molecule has 1 aliphatic rings. The van der Waals surface area contributed by atoms with E-state index < -0.39 is 18.5 Å². The zero-order chi connectivity index (χ0) is 15.9. The van der Waals surface area contributed by atoms with Crippen molar-refractivity contribution in [3.8, 4) is 0 Å². The first-order valence-corrected chi connectivity index (χ1v) is 7.44. The fraction of sp³-hybridized carbons (Fsp3) is 0.400. The molecule has 0 radical (unpaired) electrons. The number of benzene rings is 1. The van der Waals surface area contributed by atoms with Gasteiger partial charge in [0, 0.05) is 28.2 Å². The summed E-state index contributed by atoms with van der Waals surface area (Å²) in [4.78, 5) is 16.2. The van der Waals surface area contributed by atoms with Crippen LogP contribution in [0.15, 0.2) is 18.2 Å². The number of alkyl halides is 2. The largest absolute Gasteiger partial charge is 0.357 e. The summed E-state index contributed by atoms with van der Waals surface area (Å²) in [5.41, 5.74) is 2.70. The van der Waals surface area contributed by atoms with Gasteiger partial charge in [-0.1, -0.05) is 11.6 Å². The summed E-state index contributed by atoms with van der Waals surface area (Å²) in [6, 6.07) is 4.27. The van der Waals surface area contributed by atoms with E-state index in [1.807, 2.05) is 25.1 Å². The van der Waals surface area contributed by atoms with Crippen LogP contribution in [0.1, 0.15) is 17.7 Å². The Kier molecular flexibility index (Phi) is 3.95. The van der Waals surface area contributed by atoms with Gasteiger partial charge in [0.1, 0.15) is 0 Å². The molecule has 1 unspecified atom stereocenters. The van der Waals surface area contributed by atoms with Gasteiger partial charge in [0.15, 0.2) is 0 Å². The highest BCUT2D eigenvalue weighted by Crippen LogP contribution is 2.25. The number of aryl methyl sites for hydroxylation is 1. The Hall–Kier alpha value is -1.82. The van der Waals surface area contributed by atoms with Gasteiger partial charge in [0.25, 0.3) is 6.43 Å². The zero-order valence-electron chi connectivity index (χ0n) is 12.0. The van der Waals surface area contributed by atoms with Crippen LogP contribution in [0.2, 0.25) is 5.02 Å². The fourth-order valence-electron chi connectivity index (χ4n) is 2.61. The van der Waals surface area contributed by atoms with Gasteiger partial charge < -0.3 is 15.2 Å². The van der Waals surface area contributed by atoms with Gasteiger partial charge in [-0.25, -0.2) is 13.6 Å². The molecule has 0 saturated carbocycles. The number of carbonyl (C=O) groups is 1. The van der Waals surface area contributed by atoms with E-state index in [2.05, 4.69) is 10.3 Å². The highest BCUT2D eigenvalue weighted by molar-refractivity contribution is 6.32. The number of hydrogen-bond acceptors (Lipinski definition) is 1. The number of likely N-dealkylation sites (tertiary alicyclic amines) is 1. The van der Waals surface area contributed by atoms with Crippen molar-refractivity contribution in [3.63, 3.8) is 0 Å². The third-order valence-corrected chi connectivity index (χ3v) is 4.41. The zero-order valence-corrected chi connectivity index (χ0v) is 12.8. The fourth-order valence-corrected chi connectivity index (χ4v) is 2.78. The predicted octanol–water partition coefficient (Wildman–Crippen LogP) is 3.68. The molecule has 22 heavy (non-hydrogen) atoms. The molecule has 0 aliphatic carbocycles. The van der Waals surface area contributed by atoms with Crippen LogP contribution in [0.3, 0.4) is 0 Å². The van der Waals surface area contributed by atoms with Crippen molar-refractivity contribution in [2.24, 2.45) is 0 Å². The molecule has 3 rings (SSSR count). The van der Waals surface area contributed by atoms with Gasteiger partial charge in [-0.3, -0.25) is 0 Å². The van der Waals surface area contributed by atoms with Crippen LogP contribution in [0.5, 0.6) is 0 Å². The number of nitrogens with one attached hydrogen (secondary N) is 2. The van der Waals surface area contributed by atoms with Crippen LogP contribution in [0, 0.1) is 6.92 Å². The predicted molar refractivity (Wildman–Crippen MR) is 81.4 cm³/mol. The summed E-state index contributed by atoms with van der Waals surface area (Å²) in [5, 5.41) is 4.30. The lowest BCUT2D eigenvalue weighted by Gasteiger charge is -2.40. The molecule has 2 heterocycles. The van der Waals surface area contributed by atoms with E-state index in [1.165, 1.54) is 4.90 Å². The number of H-pyrrole nitrogens is 1. The van der Waals surface area contributed by atoms with Crippen LogP contribution in [0.4, 0.5) is 13.6 Å². The van der Waals surface area contributed by atoms with Crippen LogP contribution >= 0.6 is 11.6 Å². The summed E-state index contributed by atoms with van der Waals surface area (Å²) < 4.78 is 25.3. The molecule has 4 nitrogen and oxygen atoms in total. The summed E-state index contributed by atoms with van der Waals surface area (Å²) in [7, 11) is 0. The monoisotopic (exact) mass is 327 g/mol. The third-order valence-electron chi connectivity index (χ3n) is 4.00. The minimum Gasteiger partial charge on any atom is -0.357 e. The first-order chi connectivity index (χ1) is 10.5.